The number of urea groups is 1. The standard InChI is InChI=1S/C17H17BrN2O2/c1-22-14-7-5-13(6-8-14)19-17(21)20-10-9-15-12(11-20)3-2-4-16(15)18/h2-8H,9-11H2,1H3,(H,19,21). The number of hydrogen-bond donors (Lipinski definition) is 1. The maximum atomic E-state index is 12.4. The van der Waals surface area contributed by atoms with Crippen LogP contribution in [0.3, 0.4) is 0 Å². The number of rotatable bonds is 2. The molecule has 1 heterocycles. The quantitative estimate of drug-likeness (QED) is 0.877. The summed E-state index contributed by atoms with van der Waals surface area (Å²) in [4.78, 5) is 14.2. The lowest BCUT2D eigenvalue weighted by Crippen LogP contribution is -2.38. The summed E-state index contributed by atoms with van der Waals surface area (Å²) in [7, 11) is 1.62. The minimum absolute atomic E-state index is 0.0733. The Kier molecular flexibility index (Phi) is 4.34. The summed E-state index contributed by atoms with van der Waals surface area (Å²) in [5.41, 5.74) is 3.27. The van der Waals surface area contributed by atoms with Crippen molar-refractivity contribution in [1.82, 2.24) is 4.90 Å². The maximum Gasteiger partial charge on any atom is 0.322 e. The zero-order chi connectivity index (χ0) is 15.5. The van der Waals surface area contributed by atoms with Crippen LogP contribution in [0, 0.1) is 0 Å². The summed E-state index contributed by atoms with van der Waals surface area (Å²) in [6, 6.07) is 13.4. The molecule has 5 heteroatoms. The third-order valence-electron chi connectivity index (χ3n) is 3.84. The van der Waals surface area contributed by atoms with E-state index < -0.39 is 0 Å². The summed E-state index contributed by atoms with van der Waals surface area (Å²) in [6.07, 6.45) is 0.868. The second kappa shape index (κ2) is 6.40. The van der Waals surface area contributed by atoms with Crippen LogP contribution in [0.15, 0.2) is 46.9 Å². The molecule has 114 valence electrons. The largest absolute Gasteiger partial charge is 0.497 e. The highest BCUT2D eigenvalue weighted by molar-refractivity contribution is 9.10. The van der Waals surface area contributed by atoms with Crippen molar-refractivity contribution in [3.8, 4) is 5.75 Å². The van der Waals surface area contributed by atoms with Gasteiger partial charge in [0.25, 0.3) is 0 Å². The van der Waals surface area contributed by atoms with E-state index in [-0.39, 0.29) is 6.03 Å². The number of anilines is 1. The SMILES string of the molecule is COc1ccc(NC(=O)N2CCc3c(Br)cccc3C2)cc1. The molecule has 22 heavy (non-hydrogen) atoms. The Morgan fingerprint density at radius 2 is 2.00 bits per heavy atom. The highest BCUT2D eigenvalue weighted by Crippen LogP contribution is 2.26. The molecular weight excluding hydrogens is 344 g/mol. The van der Waals surface area contributed by atoms with Crippen LogP contribution in [-0.4, -0.2) is 24.6 Å². The lowest BCUT2D eigenvalue weighted by atomic mass is 10.0. The van der Waals surface area contributed by atoms with Crippen LogP contribution in [-0.2, 0) is 13.0 Å². The molecule has 0 saturated heterocycles. The maximum absolute atomic E-state index is 12.4. The van der Waals surface area contributed by atoms with Gasteiger partial charge in [-0.25, -0.2) is 4.79 Å². The van der Waals surface area contributed by atoms with Crippen LogP contribution < -0.4 is 10.1 Å². The molecular formula is C17H17BrN2O2. The van der Waals surface area contributed by atoms with E-state index >= 15 is 0 Å². The topological polar surface area (TPSA) is 41.6 Å². The Morgan fingerprint density at radius 3 is 2.73 bits per heavy atom. The van der Waals surface area contributed by atoms with Gasteiger partial charge in [-0.1, -0.05) is 28.1 Å². The molecule has 1 aliphatic rings. The fourth-order valence-corrected chi connectivity index (χ4v) is 3.22. The number of halogens is 1. The minimum atomic E-state index is -0.0733. The number of carbonyl (C=O) groups excluding carboxylic acids is 1. The highest BCUT2D eigenvalue weighted by atomic mass is 79.9. The average Bonchev–Trinajstić information content (AvgIpc) is 2.55. The van der Waals surface area contributed by atoms with Crippen molar-refractivity contribution < 1.29 is 9.53 Å². The van der Waals surface area contributed by atoms with Crippen LogP contribution in [0.2, 0.25) is 0 Å². The number of ether oxygens (including phenoxy) is 1. The van der Waals surface area contributed by atoms with Crippen molar-refractivity contribution in [3.63, 3.8) is 0 Å². The first kappa shape index (κ1) is 14.9. The summed E-state index contributed by atoms with van der Waals surface area (Å²) in [6.45, 7) is 1.36. The van der Waals surface area contributed by atoms with Gasteiger partial charge in [-0.3, -0.25) is 0 Å². The summed E-state index contributed by atoms with van der Waals surface area (Å²) in [5, 5.41) is 2.93. The number of hydrogen-bond acceptors (Lipinski definition) is 2. The van der Waals surface area contributed by atoms with Gasteiger partial charge >= 0.3 is 6.03 Å². The Hall–Kier alpha value is -2.01. The molecule has 0 radical (unpaired) electrons. The van der Waals surface area contributed by atoms with Crippen molar-refractivity contribution in [1.29, 1.82) is 0 Å². The monoisotopic (exact) mass is 360 g/mol. The summed E-state index contributed by atoms with van der Waals surface area (Å²) >= 11 is 3.58. The Labute approximate surface area is 138 Å². The van der Waals surface area contributed by atoms with Gasteiger partial charge in [-0.2, -0.15) is 0 Å². The van der Waals surface area contributed by atoms with E-state index in [9.17, 15) is 4.79 Å². The number of amides is 2. The Bertz CT molecular complexity index is 686. The van der Waals surface area contributed by atoms with E-state index in [2.05, 4.69) is 27.3 Å². The van der Waals surface area contributed by atoms with Crippen molar-refractivity contribution in [2.24, 2.45) is 0 Å². The fourth-order valence-electron chi connectivity index (χ4n) is 2.61. The van der Waals surface area contributed by atoms with E-state index in [0.29, 0.717) is 6.54 Å². The number of nitrogens with zero attached hydrogens (tertiary/aromatic N) is 1. The molecule has 0 bridgehead atoms. The highest BCUT2D eigenvalue weighted by Gasteiger charge is 2.21. The molecule has 1 N–H and O–H groups in total. The van der Waals surface area contributed by atoms with Gasteiger partial charge in [0.1, 0.15) is 5.75 Å². The molecule has 2 amide bonds. The third-order valence-corrected chi connectivity index (χ3v) is 4.58. The van der Waals surface area contributed by atoms with E-state index in [4.69, 9.17) is 4.74 Å². The molecule has 0 fully saturated rings. The van der Waals surface area contributed by atoms with Gasteiger partial charge in [0, 0.05) is 23.2 Å². The molecule has 1 aliphatic heterocycles. The number of nitrogens with one attached hydrogen (secondary N) is 1. The molecule has 2 aromatic carbocycles. The molecule has 0 saturated carbocycles. The van der Waals surface area contributed by atoms with Gasteiger partial charge in [-0.15, -0.1) is 0 Å². The van der Waals surface area contributed by atoms with Crippen LogP contribution in [0.25, 0.3) is 0 Å². The van der Waals surface area contributed by atoms with Gasteiger partial charge in [0.2, 0.25) is 0 Å². The van der Waals surface area contributed by atoms with Gasteiger partial charge < -0.3 is 15.0 Å². The number of methoxy groups -OCH3 is 1. The zero-order valence-corrected chi connectivity index (χ0v) is 13.9. The Morgan fingerprint density at radius 1 is 1.23 bits per heavy atom. The van der Waals surface area contributed by atoms with Gasteiger partial charge in [0.15, 0.2) is 0 Å². The second-order valence-electron chi connectivity index (χ2n) is 5.21. The second-order valence-corrected chi connectivity index (χ2v) is 6.06. The van der Waals surface area contributed by atoms with E-state index in [1.165, 1.54) is 11.1 Å². The Balaban J connectivity index is 1.68. The molecule has 0 atom stereocenters. The first-order valence-electron chi connectivity index (χ1n) is 7.13. The van der Waals surface area contributed by atoms with Crippen molar-refractivity contribution in [2.45, 2.75) is 13.0 Å². The first-order chi connectivity index (χ1) is 10.7. The molecule has 0 aromatic heterocycles. The van der Waals surface area contributed by atoms with E-state index in [1.807, 2.05) is 41.3 Å². The molecule has 0 spiro atoms. The van der Waals surface area contributed by atoms with Crippen molar-refractivity contribution in [2.75, 3.05) is 19.0 Å². The number of benzene rings is 2. The molecule has 4 nitrogen and oxygen atoms in total. The molecule has 0 unspecified atom stereocenters. The molecule has 3 rings (SSSR count). The third kappa shape index (κ3) is 3.09. The van der Waals surface area contributed by atoms with Gasteiger partial charge in [0.05, 0.1) is 7.11 Å². The first-order valence-corrected chi connectivity index (χ1v) is 7.93. The average molecular weight is 361 g/mol. The predicted octanol–water partition coefficient (Wildman–Crippen LogP) is 4.05. The van der Waals surface area contributed by atoms with E-state index in [0.717, 1.165) is 28.9 Å². The normalized spacial score (nSPS) is 13.5. The molecule has 0 aliphatic carbocycles. The molecule has 2 aromatic rings. The number of carbonyl (C=O) groups is 1. The summed E-state index contributed by atoms with van der Waals surface area (Å²) in [5.74, 6) is 0.773. The van der Waals surface area contributed by atoms with Crippen molar-refractivity contribution >= 4 is 27.6 Å². The lowest BCUT2D eigenvalue weighted by Gasteiger charge is -2.29. The predicted molar refractivity (Wildman–Crippen MR) is 90.3 cm³/mol. The van der Waals surface area contributed by atoms with Crippen LogP contribution in [0.5, 0.6) is 5.75 Å². The zero-order valence-electron chi connectivity index (χ0n) is 12.3. The van der Waals surface area contributed by atoms with Gasteiger partial charge in [-0.05, 0) is 47.9 Å². The number of fused-ring (bicyclic) bond motifs is 1. The smallest absolute Gasteiger partial charge is 0.322 e. The van der Waals surface area contributed by atoms with Crippen LogP contribution in [0.4, 0.5) is 10.5 Å². The minimum Gasteiger partial charge on any atom is -0.497 e. The van der Waals surface area contributed by atoms with Crippen molar-refractivity contribution in [3.05, 3.63) is 58.1 Å². The lowest BCUT2D eigenvalue weighted by molar-refractivity contribution is 0.206. The van der Waals surface area contributed by atoms with E-state index in [1.54, 1.807) is 7.11 Å². The van der Waals surface area contributed by atoms with Crippen LogP contribution >= 0.6 is 15.9 Å². The summed E-state index contributed by atoms with van der Waals surface area (Å²) < 4.78 is 6.24. The van der Waals surface area contributed by atoms with Crippen LogP contribution in [0.1, 0.15) is 11.1 Å². The fraction of sp³-hybridized carbons (Fsp3) is 0.235.